The van der Waals surface area contributed by atoms with Gasteiger partial charge in [-0.05, 0) is 37.1 Å². The summed E-state index contributed by atoms with van der Waals surface area (Å²) in [5, 5.41) is 12.5. The van der Waals surface area contributed by atoms with Gasteiger partial charge in [-0.25, -0.2) is 4.39 Å². The maximum absolute atomic E-state index is 13.7. The van der Waals surface area contributed by atoms with Gasteiger partial charge in [0.05, 0.1) is 17.5 Å². The zero-order chi connectivity index (χ0) is 16.9. The summed E-state index contributed by atoms with van der Waals surface area (Å²) in [5.74, 6) is -0.00478. The molecule has 0 bridgehead atoms. The molecule has 0 amide bonds. The number of nitrogens with one attached hydrogen (secondary N) is 1. The Morgan fingerprint density at radius 2 is 1.91 bits per heavy atom. The first kappa shape index (κ1) is 17.2. The van der Waals surface area contributed by atoms with Gasteiger partial charge in [-0.3, -0.25) is 4.79 Å². The second-order valence-electron chi connectivity index (χ2n) is 5.64. The highest BCUT2D eigenvalue weighted by Crippen LogP contribution is 2.27. The molecule has 23 heavy (non-hydrogen) atoms. The van der Waals surface area contributed by atoms with E-state index in [2.05, 4.69) is 5.32 Å². The van der Waals surface area contributed by atoms with Crippen LogP contribution in [0.3, 0.4) is 0 Å². The third-order valence-electron chi connectivity index (χ3n) is 4.37. The van der Waals surface area contributed by atoms with E-state index < -0.39 is 11.4 Å². The summed E-state index contributed by atoms with van der Waals surface area (Å²) >= 11 is 0. The molecule has 0 aliphatic rings. The first-order chi connectivity index (χ1) is 11.0. The van der Waals surface area contributed by atoms with Crippen molar-refractivity contribution in [1.82, 2.24) is 5.32 Å². The first-order valence-electron chi connectivity index (χ1n) is 7.80. The van der Waals surface area contributed by atoms with Crippen LogP contribution in [0.5, 0.6) is 0 Å². The van der Waals surface area contributed by atoms with Crippen molar-refractivity contribution in [3.8, 4) is 11.3 Å². The van der Waals surface area contributed by atoms with E-state index in [-0.39, 0.29) is 5.82 Å². The second kappa shape index (κ2) is 7.42. The zero-order valence-electron chi connectivity index (χ0n) is 13.4. The van der Waals surface area contributed by atoms with Crippen LogP contribution in [0.15, 0.2) is 40.8 Å². The molecule has 0 spiro atoms. The third-order valence-corrected chi connectivity index (χ3v) is 4.37. The Balaban J connectivity index is 2.00. The summed E-state index contributed by atoms with van der Waals surface area (Å²) in [6, 6.07) is 9.93. The second-order valence-corrected chi connectivity index (χ2v) is 5.64. The fraction of sp³-hybridized carbons (Fsp3) is 0.389. The predicted octanol–water partition coefficient (Wildman–Crippen LogP) is 4.07. The van der Waals surface area contributed by atoms with Gasteiger partial charge in [0.25, 0.3) is 0 Å². The molecule has 0 saturated carbocycles. The van der Waals surface area contributed by atoms with Gasteiger partial charge in [0.15, 0.2) is 0 Å². The van der Waals surface area contributed by atoms with Gasteiger partial charge in [0.2, 0.25) is 0 Å². The topological polar surface area (TPSA) is 62.5 Å². The van der Waals surface area contributed by atoms with Gasteiger partial charge in [0, 0.05) is 6.54 Å². The van der Waals surface area contributed by atoms with Crippen LogP contribution < -0.4 is 5.32 Å². The van der Waals surface area contributed by atoms with Crippen LogP contribution in [-0.2, 0) is 11.3 Å². The molecule has 0 atom stereocenters. The molecular weight excluding hydrogens is 297 g/mol. The monoisotopic (exact) mass is 319 g/mol. The number of rotatable bonds is 8. The van der Waals surface area contributed by atoms with E-state index in [0.717, 1.165) is 0 Å². The van der Waals surface area contributed by atoms with E-state index in [1.54, 1.807) is 30.3 Å². The molecule has 0 unspecified atom stereocenters. The Morgan fingerprint density at radius 1 is 1.22 bits per heavy atom. The van der Waals surface area contributed by atoms with Crippen LogP contribution in [0.4, 0.5) is 4.39 Å². The number of hydrogen-bond donors (Lipinski definition) is 2. The van der Waals surface area contributed by atoms with Crippen LogP contribution in [0, 0.1) is 11.2 Å². The van der Waals surface area contributed by atoms with Crippen LogP contribution in [-0.4, -0.2) is 17.6 Å². The molecule has 124 valence electrons. The highest BCUT2D eigenvalue weighted by Gasteiger charge is 2.34. The molecule has 5 heteroatoms. The molecule has 2 N–H and O–H groups in total. The third kappa shape index (κ3) is 3.79. The lowest BCUT2D eigenvalue weighted by Gasteiger charge is -2.26. The summed E-state index contributed by atoms with van der Waals surface area (Å²) in [6.45, 7) is 4.53. The van der Waals surface area contributed by atoms with Gasteiger partial charge in [-0.15, -0.1) is 0 Å². The first-order valence-corrected chi connectivity index (χ1v) is 7.80. The van der Waals surface area contributed by atoms with Crippen molar-refractivity contribution < 1.29 is 18.7 Å². The Bertz CT molecular complexity index is 662. The van der Waals surface area contributed by atoms with Crippen molar-refractivity contribution in [2.24, 2.45) is 5.41 Å². The van der Waals surface area contributed by atoms with E-state index in [1.165, 1.54) is 6.07 Å². The van der Waals surface area contributed by atoms with Crippen molar-refractivity contribution in [2.75, 3.05) is 6.54 Å². The van der Waals surface area contributed by atoms with E-state index in [0.29, 0.717) is 43.0 Å². The fourth-order valence-corrected chi connectivity index (χ4v) is 2.58. The molecule has 2 rings (SSSR count). The Labute approximate surface area is 135 Å². The van der Waals surface area contributed by atoms with Crippen LogP contribution in [0.25, 0.3) is 11.3 Å². The number of carboxylic acid groups (broad SMARTS) is 1. The number of hydrogen-bond acceptors (Lipinski definition) is 3. The molecule has 0 aliphatic heterocycles. The van der Waals surface area contributed by atoms with Crippen LogP contribution in [0.1, 0.15) is 32.4 Å². The summed E-state index contributed by atoms with van der Waals surface area (Å²) in [6.07, 6.45) is 1.12. The average Bonchev–Trinajstić information content (AvgIpc) is 3.00. The van der Waals surface area contributed by atoms with Crippen molar-refractivity contribution in [3.05, 3.63) is 48.0 Å². The number of aliphatic carboxylic acids is 1. The number of carbonyl (C=O) groups is 1. The molecule has 0 fully saturated rings. The molecule has 4 nitrogen and oxygen atoms in total. The number of benzene rings is 1. The lowest BCUT2D eigenvalue weighted by Crippen LogP contribution is -2.39. The largest absolute Gasteiger partial charge is 0.481 e. The lowest BCUT2D eigenvalue weighted by molar-refractivity contribution is -0.149. The number of halogens is 1. The van der Waals surface area contributed by atoms with Gasteiger partial charge in [-0.1, -0.05) is 26.0 Å². The molecule has 1 aromatic heterocycles. The quantitative estimate of drug-likeness (QED) is 0.770. The van der Waals surface area contributed by atoms with E-state index in [4.69, 9.17) is 4.42 Å². The molecule has 2 aromatic rings. The van der Waals surface area contributed by atoms with Crippen LogP contribution >= 0.6 is 0 Å². The van der Waals surface area contributed by atoms with Crippen molar-refractivity contribution in [2.45, 2.75) is 33.2 Å². The van der Waals surface area contributed by atoms with Gasteiger partial charge >= 0.3 is 5.97 Å². The molecule has 1 heterocycles. The molecule has 0 saturated heterocycles. The number of furan rings is 1. The molecule has 0 aliphatic carbocycles. The maximum Gasteiger partial charge on any atom is 0.310 e. The zero-order valence-corrected chi connectivity index (χ0v) is 13.4. The summed E-state index contributed by atoms with van der Waals surface area (Å²) < 4.78 is 19.4. The minimum Gasteiger partial charge on any atom is -0.481 e. The van der Waals surface area contributed by atoms with Crippen molar-refractivity contribution >= 4 is 5.97 Å². The van der Waals surface area contributed by atoms with Crippen molar-refractivity contribution in [1.29, 1.82) is 0 Å². The fourth-order valence-electron chi connectivity index (χ4n) is 2.58. The Hall–Kier alpha value is -2.14. The van der Waals surface area contributed by atoms with Gasteiger partial charge < -0.3 is 14.8 Å². The van der Waals surface area contributed by atoms with Gasteiger partial charge in [-0.2, -0.15) is 0 Å². The Morgan fingerprint density at radius 3 is 2.52 bits per heavy atom. The summed E-state index contributed by atoms with van der Waals surface area (Å²) in [4.78, 5) is 11.4. The standard InChI is InChI=1S/C18H22FNO3/c1-3-18(4-2,17(21)22)12-20-11-13-9-10-16(23-13)14-7-5-6-8-15(14)19/h5-10,20H,3-4,11-12H2,1-2H3,(H,21,22). The normalized spacial score (nSPS) is 11.6. The van der Waals surface area contributed by atoms with E-state index in [9.17, 15) is 14.3 Å². The highest BCUT2D eigenvalue weighted by atomic mass is 19.1. The average molecular weight is 319 g/mol. The highest BCUT2D eigenvalue weighted by molar-refractivity contribution is 5.74. The minimum absolute atomic E-state index is 0.330. The van der Waals surface area contributed by atoms with E-state index in [1.807, 2.05) is 13.8 Å². The summed E-state index contributed by atoms with van der Waals surface area (Å²) in [7, 11) is 0. The number of carboxylic acids is 1. The smallest absolute Gasteiger partial charge is 0.310 e. The van der Waals surface area contributed by atoms with Crippen LogP contribution in [0.2, 0.25) is 0 Å². The SMILES string of the molecule is CCC(CC)(CNCc1ccc(-c2ccccc2F)o1)C(=O)O. The van der Waals surface area contributed by atoms with Crippen molar-refractivity contribution in [3.63, 3.8) is 0 Å². The molecule has 1 aromatic carbocycles. The summed E-state index contributed by atoms with van der Waals surface area (Å²) in [5.41, 5.74) is -0.346. The Kier molecular flexibility index (Phi) is 5.55. The lowest BCUT2D eigenvalue weighted by atomic mass is 9.82. The van der Waals surface area contributed by atoms with E-state index >= 15 is 0 Å². The minimum atomic E-state index is -0.790. The molecular formula is C18H22FNO3. The predicted molar refractivity (Wildman–Crippen MR) is 86.5 cm³/mol. The maximum atomic E-state index is 13.7. The molecule has 0 radical (unpaired) electrons. The van der Waals surface area contributed by atoms with Gasteiger partial charge in [0.1, 0.15) is 17.3 Å².